The lowest BCUT2D eigenvalue weighted by Gasteiger charge is -2.08. The molecule has 1 amide bonds. The first-order valence-corrected chi connectivity index (χ1v) is 12.1. The highest BCUT2D eigenvalue weighted by Crippen LogP contribution is 2.34. The number of nitrogens with zero attached hydrogens (tertiary/aromatic N) is 2. The molecule has 3 aromatic rings. The summed E-state index contributed by atoms with van der Waals surface area (Å²) in [5.74, 6) is -1.22. The van der Waals surface area contributed by atoms with Gasteiger partial charge in [0.1, 0.15) is 15.6 Å². The summed E-state index contributed by atoms with van der Waals surface area (Å²) in [6.45, 7) is 5.32. The van der Waals surface area contributed by atoms with E-state index in [1.165, 1.54) is 10.7 Å². The molecule has 0 atom stereocenters. The van der Waals surface area contributed by atoms with E-state index < -0.39 is 17.8 Å². The van der Waals surface area contributed by atoms with Crippen molar-refractivity contribution in [1.82, 2.24) is 9.78 Å². The Morgan fingerprint density at radius 2 is 1.85 bits per heavy atom. The molecule has 2 aromatic heterocycles. The van der Waals surface area contributed by atoms with Crippen LogP contribution >= 0.6 is 38.9 Å². The van der Waals surface area contributed by atoms with Crippen LogP contribution in [0.1, 0.15) is 49.9 Å². The number of aromatic nitrogens is 2. The lowest BCUT2D eigenvalue weighted by Crippen LogP contribution is -2.16. The predicted molar refractivity (Wildman–Crippen MR) is 131 cm³/mol. The smallest absolute Gasteiger partial charge is 0.348 e. The molecule has 0 bridgehead atoms. The van der Waals surface area contributed by atoms with Crippen LogP contribution in [0.5, 0.6) is 5.75 Å². The zero-order valence-electron chi connectivity index (χ0n) is 18.5. The van der Waals surface area contributed by atoms with Crippen LogP contribution < -0.4 is 10.1 Å². The van der Waals surface area contributed by atoms with Crippen molar-refractivity contribution in [3.05, 3.63) is 61.7 Å². The summed E-state index contributed by atoms with van der Waals surface area (Å²) in [5.41, 5.74) is 0.584. The van der Waals surface area contributed by atoms with E-state index in [9.17, 15) is 14.4 Å². The molecule has 0 aliphatic rings. The van der Waals surface area contributed by atoms with Crippen LogP contribution in [0.4, 0.5) is 5.00 Å². The Balaban J connectivity index is 1.77. The monoisotopic (exact) mass is 569 g/mol. The molecule has 0 saturated heterocycles. The van der Waals surface area contributed by atoms with Crippen molar-refractivity contribution in [3.8, 4) is 5.75 Å². The van der Waals surface area contributed by atoms with E-state index in [2.05, 4.69) is 26.3 Å². The number of nitrogens with one attached hydrogen (secondary N) is 1. The SMILES string of the molecule is CCOC(=O)c1sc(NC(=O)c2ccn(COc3ccc(Cl)cc3Br)n2)c(C(=O)OCC)c1C. The van der Waals surface area contributed by atoms with Crippen molar-refractivity contribution in [2.45, 2.75) is 27.5 Å². The summed E-state index contributed by atoms with van der Waals surface area (Å²) in [4.78, 5) is 37.8. The van der Waals surface area contributed by atoms with Crippen LogP contribution in [0.3, 0.4) is 0 Å². The second kappa shape index (κ2) is 11.5. The number of amides is 1. The fourth-order valence-electron chi connectivity index (χ4n) is 2.89. The van der Waals surface area contributed by atoms with Crippen LogP contribution in [-0.4, -0.2) is 40.8 Å². The van der Waals surface area contributed by atoms with E-state index in [0.29, 0.717) is 20.8 Å². The zero-order valence-corrected chi connectivity index (χ0v) is 21.7. The Hall–Kier alpha value is -2.89. The molecular formula is C22H21BrClN3O6S. The molecule has 2 heterocycles. The maximum absolute atomic E-state index is 12.8. The maximum atomic E-state index is 12.8. The maximum Gasteiger partial charge on any atom is 0.348 e. The summed E-state index contributed by atoms with van der Waals surface area (Å²) < 4.78 is 18.0. The van der Waals surface area contributed by atoms with Gasteiger partial charge < -0.3 is 19.5 Å². The van der Waals surface area contributed by atoms with Gasteiger partial charge in [0.2, 0.25) is 0 Å². The van der Waals surface area contributed by atoms with Crippen molar-refractivity contribution in [2.75, 3.05) is 18.5 Å². The fourth-order valence-corrected chi connectivity index (χ4v) is 4.77. The number of hydrogen-bond donors (Lipinski definition) is 1. The minimum Gasteiger partial charge on any atom is -0.470 e. The standard InChI is InChI=1S/C22H21BrClN3O6S/c1-4-31-21(29)17-12(3)18(22(30)32-5-2)34-20(17)25-19(28)15-8-9-27(26-15)11-33-16-7-6-13(24)10-14(16)23/h6-10H,4-5,11H2,1-3H3,(H,25,28). The van der Waals surface area contributed by atoms with Gasteiger partial charge in [-0.3, -0.25) is 4.79 Å². The summed E-state index contributed by atoms with van der Waals surface area (Å²) in [6.07, 6.45) is 1.58. The van der Waals surface area contributed by atoms with Gasteiger partial charge in [0, 0.05) is 11.2 Å². The van der Waals surface area contributed by atoms with Crippen molar-refractivity contribution < 1.29 is 28.6 Å². The van der Waals surface area contributed by atoms with E-state index in [1.807, 2.05) is 0 Å². The Morgan fingerprint density at radius 3 is 2.53 bits per heavy atom. The van der Waals surface area contributed by atoms with E-state index in [-0.39, 0.29) is 41.1 Å². The number of rotatable bonds is 9. The van der Waals surface area contributed by atoms with Crippen molar-refractivity contribution >= 4 is 61.7 Å². The first kappa shape index (κ1) is 25.7. The molecule has 3 rings (SSSR count). The third-order valence-corrected chi connectivity index (χ3v) is 6.48. The Labute approximate surface area is 213 Å². The van der Waals surface area contributed by atoms with Crippen molar-refractivity contribution in [1.29, 1.82) is 0 Å². The molecule has 0 aliphatic heterocycles. The van der Waals surface area contributed by atoms with E-state index in [0.717, 1.165) is 11.3 Å². The first-order valence-electron chi connectivity index (χ1n) is 10.1. The van der Waals surface area contributed by atoms with Crippen LogP contribution in [0, 0.1) is 6.92 Å². The van der Waals surface area contributed by atoms with E-state index >= 15 is 0 Å². The van der Waals surface area contributed by atoms with Gasteiger partial charge >= 0.3 is 11.9 Å². The lowest BCUT2D eigenvalue weighted by atomic mass is 10.1. The second-order valence-electron chi connectivity index (χ2n) is 6.74. The average molecular weight is 571 g/mol. The quantitative estimate of drug-likeness (QED) is 0.347. The molecule has 0 spiro atoms. The van der Waals surface area contributed by atoms with Crippen molar-refractivity contribution in [2.24, 2.45) is 0 Å². The van der Waals surface area contributed by atoms with Gasteiger partial charge in [-0.25, -0.2) is 14.3 Å². The van der Waals surface area contributed by atoms with Crippen molar-refractivity contribution in [3.63, 3.8) is 0 Å². The highest BCUT2D eigenvalue weighted by molar-refractivity contribution is 9.10. The minimum absolute atomic E-state index is 0.0483. The number of carbonyl (C=O) groups excluding carboxylic acids is 3. The number of halogens is 2. The molecule has 12 heteroatoms. The van der Waals surface area contributed by atoms with E-state index in [1.54, 1.807) is 45.2 Å². The number of esters is 2. The minimum atomic E-state index is -0.644. The number of benzene rings is 1. The van der Waals surface area contributed by atoms with Gasteiger partial charge in [0.05, 0.1) is 23.2 Å². The Kier molecular flexibility index (Phi) is 8.70. The Morgan fingerprint density at radius 1 is 1.15 bits per heavy atom. The molecule has 1 N–H and O–H groups in total. The molecule has 9 nitrogen and oxygen atoms in total. The van der Waals surface area contributed by atoms with Gasteiger partial charge in [-0.1, -0.05) is 11.6 Å². The largest absolute Gasteiger partial charge is 0.470 e. The van der Waals surface area contributed by atoms with Gasteiger partial charge in [0.25, 0.3) is 5.91 Å². The van der Waals surface area contributed by atoms with Crippen LogP contribution in [0.25, 0.3) is 0 Å². The lowest BCUT2D eigenvalue weighted by molar-refractivity contribution is 0.0527. The summed E-state index contributed by atoms with van der Waals surface area (Å²) >= 11 is 10.2. The number of thiophene rings is 1. The zero-order chi connectivity index (χ0) is 24.8. The fraction of sp³-hybridized carbons (Fsp3) is 0.273. The normalized spacial score (nSPS) is 10.6. The number of carbonyl (C=O) groups is 3. The van der Waals surface area contributed by atoms with Gasteiger partial charge in [0.15, 0.2) is 12.4 Å². The van der Waals surface area contributed by atoms with Crippen LogP contribution in [-0.2, 0) is 16.2 Å². The molecule has 180 valence electrons. The van der Waals surface area contributed by atoms with Gasteiger partial charge in [-0.15, -0.1) is 11.3 Å². The highest BCUT2D eigenvalue weighted by atomic mass is 79.9. The molecule has 0 fully saturated rings. The number of anilines is 1. The Bertz CT molecular complexity index is 1230. The van der Waals surface area contributed by atoms with Gasteiger partial charge in [-0.2, -0.15) is 5.10 Å². The third kappa shape index (κ3) is 5.96. The average Bonchev–Trinajstić information content (AvgIpc) is 3.38. The summed E-state index contributed by atoms with van der Waals surface area (Å²) in [6, 6.07) is 6.61. The second-order valence-corrected chi connectivity index (χ2v) is 9.06. The highest BCUT2D eigenvalue weighted by Gasteiger charge is 2.28. The molecule has 0 aliphatic carbocycles. The molecule has 0 radical (unpaired) electrons. The molecule has 34 heavy (non-hydrogen) atoms. The number of ether oxygens (including phenoxy) is 3. The van der Waals surface area contributed by atoms with Crippen LogP contribution in [0.2, 0.25) is 5.02 Å². The molecular weight excluding hydrogens is 550 g/mol. The van der Waals surface area contributed by atoms with Gasteiger partial charge in [-0.05, 0) is 66.5 Å². The molecule has 0 saturated carbocycles. The first-order chi connectivity index (χ1) is 16.2. The van der Waals surface area contributed by atoms with E-state index in [4.69, 9.17) is 25.8 Å². The molecule has 1 aromatic carbocycles. The topological polar surface area (TPSA) is 109 Å². The summed E-state index contributed by atoms with van der Waals surface area (Å²) in [7, 11) is 0. The summed E-state index contributed by atoms with van der Waals surface area (Å²) in [5, 5.41) is 7.61. The third-order valence-electron chi connectivity index (χ3n) is 4.43. The number of hydrogen-bond acceptors (Lipinski definition) is 8. The molecule has 0 unspecified atom stereocenters. The van der Waals surface area contributed by atoms with Crippen LogP contribution in [0.15, 0.2) is 34.9 Å². The predicted octanol–water partition coefficient (Wildman–Crippen LogP) is 5.31.